The molecule has 0 aliphatic rings. The van der Waals surface area contributed by atoms with Crippen LogP contribution in [-0.2, 0) is 11.3 Å². The molecule has 2 rings (SSSR count). The summed E-state index contributed by atoms with van der Waals surface area (Å²) in [6, 6.07) is 8.67. The molecule has 0 bridgehead atoms. The van der Waals surface area contributed by atoms with Crippen LogP contribution >= 0.6 is 11.3 Å². The lowest BCUT2D eigenvalue weighted by Gasteiger charge is -2.11. The number of nitrogens with two attached hydrogens (primary N) is 1. The van der Waals surface area contributed by atoms with Crippen LogP contribution in [0.3, 0.4) is 0 Å². The number of hydrogen-bond donors (Lipinski definition) is 2. The zero-order valence-electron chi connectivity index (χ0n) is 9.17. The standard InChI is InChI=1S/C12H13N3OS/c13-11(9-4-2-1-3-5-9)12(16)14-6-10-7-17-8-15-10/h1-5,7-8,11H,6,13H2,(H,14,16)/t11-/m1/s1. The van der Waals surface area contributed by atoms with Crippen molar-refractivity contribution in [1.82, 2.24) is 10.3 Å². The van der Waals surface area contributed by atoms with Gasteiger partial charge < -0.3 is 11.1 Å². The van der Waals surface area contributed by atoms with Gasteiger partial charge in [0.15, 0.2) is 0 Å². The molecule has 0 spiro atoms. The normalized spacial score (nSPS) is 12.1. The largest absolute Gasteiger partial charge is 0.349 e. The maximum absolute atomic E-state index is 11.8. The van der Waals surface area contributed by atoms with Gasteiger partial charge in [-0.05, 0) is 5.56 Å². The molecule has 17 heavy (non-hydrogen) atoms. The number of rotatable bonds is 4. The van der Waals surface area contributed by atoms with Crippen LogP contribution in [0.1, 0.15) is 17.3 Å². The topological polar surface area (TPSA) is 68.0 Å². The average molecular weight is 247 g/mol. The lowest BCUT2D eigenvalue weighted by atomic mass is 10.1. The first-order chi connectivity index (χ1) is 8.27. The van der Waals surface area contributed by atoms with Crippen molar-refractivity contribution < 1.29 is 4.79 Å². The molecule has 0 aliphatic carbocycles. The lowest BCUT2D eigenvalue weighted by molar-refractivity contribution is -0.122. The molecule has 4 nitrogen and oxygen atoms in total. The number of carbonyl (C=O) groups excluding carboxylic acids is 1. The van der Waals surface area contributed by atoms with Crippen molar-refractivity contribution in [2.75, 3.05) is 0 Å². The molecular weight excluding hydrogens is 234 g/mol. The van der Waals surface area contributed by atoms with E-state index < -0.39 is 6.04 Å². The third-order valence-electron chi connectivity index (χ3n) is 2.37. The van der Waals surface area contributed by atoms with Crippen LogP contribution in [0.25, 0.3) is 0 Å². The Bertz CT molecular complexity index is 470. The van der Waals surface area contributed by atoms with Gasteiger partial charge in [0.1, 0.15) is 6.04 Å². The predicted octanol–water partition coefficient (Wildman–Crippen LogP) is 1.46. The van der Waals surface area contributed by atoms with E-state index in [-0.39, 0.29) is 5.91 Å². The summed E-state index contributed by atoms with van der Waals surface area (Å²) in [5, 5.41) is 4.66. The molecule has 1 heterocycles. The highest BCUT2D eigenvalue weighted by Crippen LogP contribution is 2.09. The third kappa shape index (κ3) is 3.12. The van der Waals surface area contributed by atoms with Crippen LogP contribution < -0.4 is 11.1 Å². The maximum atomic E-state index is 11.8. The van der Waals surface area contributed by atoms with E-state index in [1.807, 2.05) is 35.7 Å². The molecule has 0 saturated carbocycles. The van der Waals surface area contributed by atoms with Crippen molar-refractivity contribution >= 4 is 17.2 Å². The van der Waals surface area contributed by atoms with Gasteiger partial charge in [0.25, 0.3) is 0 Å². The fourth-order valence-corrected chi connectivity index (χ4v) is 1.98. The van der Waals surface area contributed by atoms with Crippen molar-refractivity contribution in [2.45, 2.75) is 12.6 Å². The van der Waals surface area contributed by atoms with Crippen molar-refractivity contribution in [2.24, 2.45) is 5.73 Å². The summed E-state index contributed by atoms with van der Waals surface area (Å²) >= 11 is 1.50. The SMILES string of the molecule is N[C@@H](C(=O)NCc1cscn1)c1ccccc1. The lowest BCUT2D eigenvalue weighted by Crippen LogP contribution is -2.33. The zero-order valence-corrected chi connectivity index (χ0v) is 9.98. The number of benzene rings is 1. The highest BCUT2D eigenvalue weighted by Gasteiger charge is 2.14. The predicted molar refractivity (Wildman–Crippen MR) is 67.3 cm³/mol. The number of aromatic nitrogens is 1. The Morgan fingerprint density at radius 3 is 2.82 bits per heavy atom. The van der Waals surface area contributed by atoms with Gasteiger partial charge in [0.2, 0.25) is 5.91 Å². The second kappa shape index (κ2) is 5.56. The molecule has 0 saturated heterocycles. The Morgan fingerprint density at radius 1 is 1.41 bits per heavy atom. The molecule has 0 radical (unpaired) electrons. The van der Waals surface area contributed by atoms with E-state index in [0.717, 1.165) is 11.3 Å². The van der Waals surface area contributed by atoms with Crippen LogP contribution in [0.15, 0.2) is 41.2 Å². The van der Waals surface area contributed by atoms with Crippen molar-refractivity contribution in [3.05, 3.63) is 52.5 Å². The number of hydrogen-bond acceptors (Lipinski definition) is 4. The smallest absolute Gasteiger partial charge is 0.241 e. The van der Waals surface area contributed by atoms with Crippen LogP contribution in [0.5, 0.6) is 0 Å². The number of carbonyl (C=O) groups is 1. The summed E-state index contributed by atoms with van der Waals surface area (Å²) in [4.78, 5) is 15.9. The van der Waals surface area contributed by atoms with Gasteiger partial charge >= 0.3 is 0 Å². The molecule has 0 aliphatic heterocycles. The van der Waals surface area contributed by atoms with Crippen LogP contribution in [0.2, 0.25) is 0 Å². The molecule has 1 amide bonds. The van der Waals surface area contributed by atoms with Crippen LogP contribution in [0.4, 0.5) is 0 Å². The van der Waals surface area contributed by atoms with E-state index in [9.17, 15) is 4.79 Å². The van der Waals surface area contributed by atoms with Crippen molar-refractivity contribution in [3.8, 4) is 0 Å². The fourth-order valence-electron chi connectivity index (χ4n) is 1.42. The molecule has 88 valence electrons. The minimum Gasteiger partial charge on any atom is -0.349 e. The van der Waals surface area contributed by atoms with Crippen molar-refractivity contribution in [3.63, 3.8) is 0 Å². The summed E-state index contributed by atoms with van der Waals surface area (Å²) in [7, 11) is 0. The molecule has 0 unspecified atom stereocenters. The van der Waals surface area contributed by atoms with E-state index in [2.05, 4.69) is 10.3 Å². The van der Waals surface area contributed by atoms with E-state index in [0.29, 0.717) is 6.54 Å². The van der Waals surface area contributed by atoms with Gasteiger partial charge in [-0.2, -0.15) is 0 Å². The highest BCUT2D eigenvalue weighted by molar-refractivity contribution is 7.07. The van der Waals surface area contributed by atoms with Crippen molar-refractivity contribution in [1.29, 1.82) is 0 Å². The average Bonchev–Trinajstić information content (AvgIpc) is 2.89. The number of thiazole rings is 1. The van der Waals surface area contributed by atoms with Gasteiger partial charge in [-0.1, -0.05) is 30.3 Å². The summed E-state index contributed by atoms with van der Waals surface area (Å²) in [6.45, 7) is 0.420. The van der Waals surface area contributed by atoms with Gasteiger partial charge in [-0.3, -0.25) is 4.79 Å². The molecule has 0 fully saturated rings. The first-order valence-corrected chi connectivity index (χ1v) is 6.17. The molecular formula is C12H13N3OS. The summed E-state index contributed by atoms with van der Waals surface area (Å²) in [5.74, 6) is -0.191. The molecule has 1 aromatic carbocycles. The number of nitrogens with zero attached hydrogens (tertiary/aromatic N) is 1. The molecule has 5 heteroatoms. The summed E-state index contributed by atoms with van der Waals surface area (Å²) < 4.78 is 0. The molecule has 3 N–H and O–H groups in total. The Labute approximate surface area is 103 Å². The second-order valence-electron chi connectivity index (χ2n) is 3.59. The van der Waals surface area contributed by atoms with Gasteiger partial charge in [-0.25, -0.2) is 4.98 Å². The summed E-state index contributed by atoms with van der Waals surface area (Å²) in [5.41, 5.74) is 9.24. The molecule has 1 aromatic heterocycles. The minimum atomic E-state index is -0.630. The number of amides is 1. The van der Waals surface area contributed by atoms with E-state index in [1.54, 1.807) is 5.51 Å². The minimum absolute atomic E-state index is 0.191. The van der Waals surface area contributed by atoms with E-state index in [1.165, 1.54) is 11.3 Å². The fraction of sp³-hybridized carbons (Fsp3) is 0.167. The van der Waals surface area contributed by atoms with Gasteiger partial charge in [-0.15, -0.1) is 11.3 Å². The Hall–Kier alpha value is -1.72. The molecule has 2 aromatic rings. The maximum Gasteiger partial charge on any atom is 0.241 e. The van der Waals surface area contributed by atoms with Crippen LogP contribution in [-0.4, -0.2) is 10.9 Å². The Morgan fingerprint density at radius 2 is 2.18 bits per heavy atom. The van der Waals surface area contributed by atoms with Crippen LogP contribution in [0, 0.1) is 0 Å². The molecule has 1 atom stereocenters. The Kier molecular flexibility index (Phi) is 3.85. The summed E-state index contributed by atoms with van der Waals surface area (Å²) in [6.07, 6.45) is 0. The third-order valence-corrected chi connectivity index (χ3v) is 3.00. The van der Waals surface area contributed by atoms with Gasteiger partial charge in [0.05, 0.1) is 17.7 Å². The number of nitrogens with one attached hydrogen (secondary N) is 1. The first-order valence-electron chi connectivity index (χ1n) is 5.22. The second-order valence-corrected chi connectivity index (χ2v) is 4.30. The van der Waals surface area contributed by atoms with E-state index >= 15 is 0 Å². The zero-order chi connectivity index (χ0) is 12.1. The van der Waals surface area contributed by atoms with E-state index in [4.69, 9.17) is 5.73 Å². The quantitative estimate of drug-likeness (QED) is 0.859. The van der Waals surface area contributed by atoms with Gasteiger partial charge in [0, 0.05) is 5.38 Å². The highest BCUT2D eigenvalue weighted by atomic mass is 32.1. The first kappa shape index (κ1) is 11.8. The Balaban J connectivity index is 1.92. The monoisotopic (exact) mass is 247 g/mol.